The maximum Gasteiger partial charge on any atom is 0.187 e. The number of ketones is 1. The molecule has 0 aliphatic heterocycles. The van der Waals surface area contributed by atoms with Gasteiger partial charge in [0.05, 0.1) is 11.4 Å². The van der Waals surface area contributed by atoms with Gasteiger partial charge in [0.2, 0.25) is 0 Å². The van der Waals surface area contributed by atoms with E-state index in [0.717, 1.165) is 22.3 Å². The van der Waals surface area contributed by atoms with Gasteiger partial charge in [-0.05, 0) is 46.6 Å². The van der Waals surface area contributed by atoms with Gasteiger partial charge < -0.3 is 5.11 Å². The molecule has 1 aliphatic rings. The molecule has 5 heteroatoms. The maximum atomic E-state index is 12.2. The number of thiophene rings is 1. The minimum atomic E-state index is 0.182. The van der Waals surface area contributed by atoms with E-state index >= 15 is 0 Å². The van der Waals surface area contributed by atoms with Gasteiger partial charge in [-0.2, -0.15) is 0 Å². The fourth-order valence-electron chi connectivity index (χ4n) is 2.17. The summed E-state index contributed by atoms with van der Waals surface area (Å²) in [4.78, 5) is 15.3. The van der Waals surface area contributed by atoms with Crippen molar-refractivity contribution >= 4 is 33.0 Å². The molecule has 1 aromatic rings. The summed E-state index contributed by atoms with van der Waals surface area (Å²) >= 11 is 4.90. The van der Waals surface area contributed by atoms with Crippen molar-refractivity contribution in [3.05, 3.63) is 20.8 Å². The molecule has 1 heterocycles. The lowest BCUT2D eigenvalue weighted by atomic mass is 9.91. The molecule has 2 rings (SSSR count). The summed E-state index contributed by atoms with van der Waals surface area (Å²) in [5, 5.41) is 10.9. The maximum absolute atomic E-state index is 12.2. The van der Waals surface area contributed by atoms with Crippen molar-refractivity contribution < 1.29 is 9.90 Å². The van der Waals surface area contributed by atoms with E-state index < -0.39 is 0 Å². The van der Waals surface area contributed by atoms with Gasteiger partial charge in [-0.15, -0.1) is 11.3 Å². The van der Waals surface area contributed by atoms with Gasteiger partial charge in [-0.25, -0.2) is 0 Å². The third kappa shape index (κ3) is 3.41. The van der Waals surface area contributed by atoms with Crippen molar-refractivity contribution in [2.24, 2.45) is 0 Å². The van der Waals surface area contributed by atoms with Crippen LogP contribution in [0.3, 0.4) is 0 Å². The molecule has 3 nitrogen and oxygen atoms in total. The van der Waals surface area contributed by atoms with E-state index in [4.69, 9.17) is 5.11 Å². The molecular formula is C13H18BrNO2S. The zero-order valence-electron chi connectivity index (χ0n) is 10.3. The molecule has 100 valence electrons. The summed E-state index contributed by atoms with van der Waals surface area (Å²) in [5.41, 5.74) is 0. The lowest BCUT2D eigenvalue weighted by molar-refractivity contribution is 0.0791. The average molecular weight is 332 g/mol. The van der Waals surface area contributed by atoms with Gasteiger partial charge in [0, 0.05) is 23.7 Å². The Kier molecular flexibility index (Phi) is 5.36. The van der Waals surface area contributed by atoms with Crippen molar-refractivity contribution in [2.45, 2.75) is 31.7 Å². The molecule has 0 amide bonds. The molecule has 0 unspecified atom stereocenters. The number of aliphatic hydroxyl groups is 1. The minimum Gasteiger partial charge on any atom is -0.396 e. The van der Waals surface area contributed by atoms with Crippen LogP contribution in [0, 0.1) is 0 Å². The van der Waals surface area contributed by atoms with Gasteiger partial charge in [0.15, 0.2) is 5.78 Å². The van der Waals surface area contributed by atoms with Crippen molar-refractivity contribution in [1.29, 1.82) is 0 Å². The van der Waals surface area contributed by atoms with E-state index in [9.17, 15) is 4.79 Å². The SMILES string of the molecule is O=C(CN(CCCO)C1CCC1)c1sccc1Br. The molecule has 0 saturated heterocycles. The highest BCUT2D eigenvalue weighted by atomic mass is 79.9. The topological polar surface area (TPSA) is 40.5 Å². The molecular weight excluding hydrogens is 314 g/mol. The first-order chi connectivity index (χ1) is 8.72. The molecule has 0 aromatic carbocycles. The minimum absolute atomic E-state index is 0.182. The van der Waals surface area contributed by atoms with Crippen molar-refractivity contribution in [3.63, 3.8) is 0 Å². The highest BCUT2D eigenvalue weighted by molar-refractivity contribution is 9.10. The fraction of sp³-hybridized carbons (Fsp3) is 0.615. The van der Waals surface area contributed by atoms with E-state index in [-0.39, 0.29) is 12.4 Å². The number of carbonyl (C=O) groups excluding carboxylic acids is 1. The number of halogens is 1. The summed E-state index contributed by atoms with van der Waals surface area (Å²) in [6, 6.07) is 2.46. The Morgan fingerprint density at radius 1 is 1.56 bits per heavy atom. The molecule has 0 spiro atoms. The molecule has 1 saturated carbocycles. The van der Waals surface area contributed by atoms with E-state index in [2.05, 4.69) is 20.8 Å². The first-order valence-corrected chi connectivity index (χ1v) is 8.00. The van der Waals surface area contributed by atoms with Crippen molar-refractivity contribution in [2.75, 3.05) is 19.7 Å². The van der Waals surface area contributed by atoms with Gasteiger partial charge >= 0.3 is 0 Å². The molecule has 0 radical (unpaired) electrons. The largest absolute Gasteiger partial charge is 0.396 e. The normalized spacial score (nSPS) is 15.9. The van der Waals surface area contributed by atoms with Crippen LogP contribution in [0.25, 0.3) is 0 Å². The zero-order valence-corrected chi connectivity index (χ0v) is 12.7. The van der Waals surface area contributed by atoms with Crippen LogP contribution in [0.4, 0.5) is 0 Å². The first kappa shape index (κ1) is 14.2. The second kappa shape index (κ2) is 6.80. The number of hydrogen-bond donors (Lipinski definition) is 1. The Balaban J connectivity index is 1.95. The summed E-state index contributed by atoms with van der Waals surface area (Å²) in [6.45, 7) is 1.49. The van der Waals surface area contributed by atoms with Crippen LogP contribution in [0.15, 0.2) is 15.9 Å². The fourth-order valence-corrected chi connectivity index (χ4v) is 3.69. The van der Waals surface area contributed by atoms with E-state index in [1.807, 2.05) is 11.4 Å². The molecule has 0 bridgehead atoms. The third-order valence-electron chi connectivity index (χ3n) is 3.41. The van der Waals surface area contributed by atoms with Crippen LogP contribution in [-0.4, -0.2) is 41.5 Å². The molecule has 1 fully saturated rings. The Hall–Kier alpha value is -0.230. The number of hydrogen-bond acceptors (Lipinski definition) is 4. The highest BCUT2D eigenvalue weighted by Crippen LogP contribution is 2.27. The van der Waals surface area contributed by atoms with Crippen LogP contribution in [0.2, 0.25) is 0 Å². The van der Waals surface area contributed by atoms with Crippen LogP contribution >= 0.6 is 27.3 Å². The summed E-state index contributed by atoms with van der Waals surface area (Å²) in [7, 11) is 0. The van der Waals surface area contributed by atoms with E-state index in [0.29, 0.717) is 12.6 Å². The summed E-state index contributed by atoms with van der Waals surface area (Å²) in [6.07, 6.45) is 4.38. The molecule has 1 N–H and O–H groups in total. The standard InChI is InChI=1S/C13H18BrNO2S/c14-11-5-8-18-13(11)12(17)9-15(6-2-7-16)10-3-1-4-10/h5,8,10,16H,1-4,6-7,9H2. The molecule has 1 aromatic heterocycles. The lowest BCUT2D eigenvalue weighted by Gasteiger charge is -2.37. The summed E-state index contributed by atoms with van der Waals surface area (Å²) in [5.74, 6) is 0.182. The van der Waals surface area contributed by atoms with Gasteiger partial charge in [-0.3, -0.25) is 9.69 Å². The molecule has 18 heavy (non-hydrogen) atoms. The number of rotatable bonds is 7. The van der Waals surface area contributed by atoms with Crippen LogP contribution in [0.1, 0.15) is 35.4 Å². The van der Waals surface area contributed by atoms with Crippen LogP contribution in [-0.2, 0) is 0 Å². The van der Waals surface area contributed by atoms with Gasteiger partial charge in [0.1, 0.15) is 0 Å². The second-order valence-corrected chi connectivity index (χ2v) is 6.42. The Morgan fingerprint density at radius 3 is 2.83 bits per heavy atom. The Labute approximate surface area is 120 Å². The quantitative estimate of drug-likeness (QED) is 0.781. The van der Waals surface area contributed by atoms with E-state index in [1.165, 1.54) is 30.6 Å². The molecule has 0 atom stereocenters. The van der Waals surface area contributed by atoms with Crippen molar-refractivity contribution in [3.8, 4) is 0 Å². The predicted octanol–water partition coefficient (Wildman–Crippen LogP) is 2.93. The Morgan fingerprint density at radius 2 is 2.33 bits per heavy atom. The second-order valence-electron chi connectivity index (χ2n) is 4.65. The van der Waals surface area contributed by atoms with Crippen molar-refractivity contribution in [1.82, 2.24) is 4.90 Å². The monoisotopic (exact) mass is 331 g/mol. The average Bonchev–Trinajstić information content (AvgIpc) is 2.69. The van der Waals surface area contributed by atoms with Crippen LogP contribution < -0.4 is 0 Å². The number of carbonyl (C=O) groups is 1. The number of aliphatic hydroxyl groups excluding tert-OH is 1. The number of Topliss-reactive ketones (excluding diaryl/α,β-unsaturated/α-hetero) is 1. The lowest BCUT2D eigenvalue weighted by Crippen LogP contribution is -2.43. The predicted molar refractivity (Wildman–Crippen MR) is 77.3 cm³/mol. The van der Waals surface area contributed by atoms with Gasteiger partial charge in [0.25, 0.3) is 0 Å². The Bertz CT molecular complexity index is 403. The van der Waals surface area contributed by atoms with Crippen LogP contribution in [0.5, 0.6) is 0 Å². The van der Waals surface area contributed by atoms with Gasteiger partial charge in [-0.1, -0.05) is 6.42 Å². The third-order valence-corrected chi connectivity index (χ3v) is 5.29. The van der Waals surface area contributed by atoms with E-state index in [1.54, 1.807) is 0 Å². The smallest absolute Gasteiger partial charge is 0.187 e. The highest BCUT2D eigenvalue weighted by Gasteiger charge is 2.27. The number of nitrogens with zero attached hydrogens (tertiary/aromatic N) is 1. The zero-order chi connectivity index (χ0) is 13.0. The summed E-state index contributed by atoms with van der Waals surface area (Å²) < 4.78 is 0.896. The first-order valence-electron chi connectivity index (χ1n) is 6.33. The molecule has 1 aliphatic carbocycles.